The van der Waals surface area contributed by atoms with Crippen LogP contribution in [0.1, 0.15) is 37.3 Å². The van der Waals surface area contributed by atoms with E-state index < -0.39 is 9.84 Å². The van der Waals surface area contributed by atoms with E-state index in [-0.39, 0.29) is 22.5 Å². The average molecular weight is 365 g/mol. The third kappa shape index (κ3) is 2.68. The third-order valence-electron chi connectivity index (χ3n) is 6.32. The lowest BCUT2D eigenvalue weighted by atomic mass is 9.48. The van der Waals surface area contributed by atoms with E-state index >= 15 is 0 Å². The Balaban J connectivity index is 1.65. The molecule has 2 nitrogen and oxygen atoms in total. The molecule has 2 atom stereocenters. The van der Waals surface area contributed by atoms with Gasteiger partial charge < -0.3 is 0 Å². The highest BCUT2D eigenvalue weighted by Gasteiger charge is 2.64. The molecule has 2 aliphatic carbocycles. The fraction of sp³-hybridized carbons (Fsp3) is 0.391. The molecular weight excluding hydrogens is 340 g/mol. The Morgan fingerprint density at radius 2 is 1.58 bits per heavy atom. The molecule has 26 heavy (non-hydrogen) atoms. The maximum atomic E-state index is 13.3. The summed E-state index contributed by atoms with van der Waals surface area (Å²) in [5.41, 5.74) is 1.88. The van der Waals surface area contributed by atoms with E-state index in [4.69, 9.17) is 0 Å². The van der Waals surface area contributed by atoms with Crippen LogP contribution in [0.4, 0.5) is 0 Å². The highest BCUT2D eigenvalue weighted by molar-refractivity contribution is 7.92. The zero-order valence-corrected chi connectivity index (χ0v) is 16.1. The van der Waals surface area contributed by atoms with Crippen LogP contribution in [0.15, 0.2) is 59.5 Å². The summed E-state index contributed by atoms with van der Waals surface area (Å²) in [7, 11) is -3.30. The molecule has 2 saturated carbocycles. The van der Waals surface area contributed by atoms with Gasteiger partial charge in [-0.3, -0.25) is 0 Å². The lowest BCUT2D eigenvalue weighted by molar-refractivity contribution is -0.0248. The number of aryl methyl sites for hydroxylation is 1. The Hall–Kier alpha value is -2.05. The van der Waals surface area contributed by atoms with E-state index in [0.29, 0.717) is 4.90 Å². The van der Waals surface area contributed by atoms with E-state index in [1.54, 1.807) is 12.1 Å². The second kappa shape index (κ2) is 6.28. The predicted octanol–water partition coefficient (Wildman–Crippen LogP) is 4.63. The van der Waals surface area contributed by atoms with Crippen LogP contribution in [0.25, 0.3) is 0 Å². The normalized spacial score (nSPS) is 30.0. The van der Waals surface area contributed by atoms with Gasteiger partial charge in [-0.2, -0.15) is 0 Å². The number of fused-ring (bicyclic) bond motifs is 2. The molecule has 0 saturated heterocycles. The van der Waals surface area contributed by atoms with Crippen molar-refractivity contribution >= 4 is 9.84 Å². The minimum absolute atomic E-state index is 0.128. The number of sulfone groups is 1. The van der Waals surface area contributed by atoms with Gasteiger partial charge in [-0.05, 0) is 62.8 Å². The van der Waals surface area contributed by atoms with Gasteiger partial charge in [0, 0.05) is 11.0 Å². The molecule has 3 heteroatoms. The van der Waals surface area contributed by atoms with Crippen LogP contribution in [0.5, 0.6) is 0 Å². The Labute approximate surface area is 156 Å². The molecule has 2 unspecified atom stereocenters. The van der Waals surface area contributed by atoms with Crippen molar-refractivity contribution in [3.8, 4) is 11.8 Å². The van der Waals surface area contributed by atoms with Crippen molar-refractivity contribution in [1.29, 1.82) is 0 Å². The molecule has 0 aliphatic heterocycles. The molecule has 4 rings (SSSR count). The van der Waals surface area contributed by atoms with E-state index in [9.17, 15) is 8.42 Å². The summed E-state index contributed by atoms with van der Waals surface area (Å²) in [6, 6.07) is 17.2. The van der Waals surface area contributed by atoms with Gasteiger partial charge >= 0.3 is 0 Å². The van der Waals surface area contributed by atoms with Crippen molar-refractivity contribution in [2.75, 3.05) is 0 Å². The summed E-state index contributed by atoms with van der Waals surface area (Å²) in [4.78, 5) is 0.461. The highest BCUT2D eigenvalue weighted by Crippen LogP contribution is 2.62. The monoisotopic (exact) mass is 364 g/mol. The van der Waals surface area contributed by atoms with Gasteiger partial charge in [0.15, 0.2) is 9.84 Å². The van der Waals surface area contributed by atoms with Crippen molar-refractivity contribution in [2.45, 2.75) is 43.3 Å². The molecule has 0 heterocycles. The van der Waals surface area contributed by atoms with Gasteiger partial charge in [0.05, 0.1) is 10.1 Å². The second-order valence-electron chi connectivity index (χ2n) is 7.87. The Kier molecular flexibility index (Phi) is 4.20. The van der Waals surface area contributed by atoms with Gasteiger partial charge in [-0.15, -0.1) is 0 Å². The minimum Gasteiger partial charge on any atom is -0.223 e. The number of rotatable bonds is 2. The first kappa shape index (κ1) is 17.4. The molecule has 2 bridgehead atoms. The molecule has 2 fully saturated rings. The molecule has 0 aromatic heterocycles. The summed E-state index contributed by atoms with van der Waals surface area (Å²) >= 11 is 0. The Morgan fingerprint density at radius 3 is 2.19 bits per heavy atom. The van der Waals surface area contributed by atoms with Crippen LogP contribution >= 0.6 is 0 Å². The van der Waals surface area contributed by atoms with E-state index in [1.807, 2.05) is 49.4 Å². The van der Waals surface area contributed by atoms with Crippen LogP contribution in [-0.4, -0.2) is 13.7 Å². The first-order valence-electron chi connectivity index (χ1n) is 9.32. The summed E-state index contributed by atoms with van der Waals surface area (Å²) < 4.78 is 26.5. The molecule has 0 amide bonds. The van der Waals surface area contributed by atoms with Crippen LogP contribution in [0.3, 0.4) is 0 Å². The fourth-order valence-electron chi connectivity index (χ4n) is 4.84. The molecule has 134 valence electrons. The molecule has 0 radical (unpaired) electrons. The van der Waals surface area contributed by atoms with E-state index in [1.165, 1.54) is 0 Å². The second-order valence-corrected chi connectivity index (χ2v) is 9.97. The summed E-state index contributed by atoms with van der Waals surface area (Å²) in [5, 5.41) is -0.283. The fourth-order valence-corrected chi connectivity index (χ4v) is 7.37. The topological polar surface area (TPSA) is 34.1 Å². The Morgan fingerprint density at radius 1 is 0.962 bits per heavy atom. The first-order chi connectivity index (χ1) is 12.4. The summed E-state index contributed by atoms with van der Waals surface area (Å²) in [6.07, 6.45) is 3.01. The maximum absolute atomic E-state index is 13.3. The molecule has 2 aliphatic rings. The standard InChI is InChI=1S/C23H24O2S/c1-17-11-13-19(14-12-17)26(24,25)22-20-9-6-10-21(22)23(20,2)16-15-18-7-4-3-5-8-18/h3-5,7-8,11-14,20-22H,6,9-10H2,1-2H3. The molecule has 2 aromatic rings. The van der Waals surface area contributed by atoms with Crippen LogP contribution in [-0.2, 0) is 9.84 Å². The van der Waals surface area contributed by atoms with E-state index in [0.717, 1.165) is 30.4 Å². The molecule has 2 aromatic carbocycles. The maximum Gasteiger partial charge on any atom is 0.181 e. The largest absolute Gasteiger partial charge is 0.223 e. The van der Waals surface area contributed by atoms with Gasteiger partial charge in [-0.25, -0.2) is 8.42 Å². The minimum atomic E-state index is -3.30. The van der Waals surface area contributed by atoms with Crippen molar-refractivity contribution in [3.63, 3.8) is 0 Å². The third-order valence-corrected chi connectivity index (χ3v) is 8.62. The molecule has 0 N–H and O–H groups in total. The van der Waals surface area contributed by atoms with Crippen LogP contribution in [0, 0.1) is 36.0 Å². The van der Waals surface area contributed by atoms with Crippen molar-refractivity contribution in [2.24, 2.45) is 17.3 Å². The van der Waals surface area contributed by atoms with Gasteiger partial charge in [0.1, 0.15) is 0 Å². The number of hydrogen-bond donors (Lipinski definition) is 0. The zero-order chi connectivity index (χ0) is 18.4. The van der Waals surface area contributed by atoms with Gasteiger partial charge in [0.25, 0.3) is 0 Å². The van der Waals surface area contributed by atoms with Gasteiger partial charge in [0.2, 0.25) is 0 Å². The summed E-state index contributed by atoms with van der Waals surface area (Å²) in [6.45, 7) is 4.14. The number of hydrogen-bond acceptors (Lipinski definition) is 2. The highest BCUT2D eigenvalue weighted by atomic mass is 32.2. The lowest BCUT2D eigenvalue weighted by Crippen LogP contribution is -2.63. The smallest absolute Gasteiger partial charge is 0.181 e. The van der Waals surface area contributed by atoms with Crippen LogP contribution < -0.4 is 0 Å². The average Bonchev–Trinajstić information content (AvgIpc) is 2.67. The Bertz CT molecular complexity index is 950. The quantitative estimate of drug-likeness (QED) is 0.729. The summed E-state index contributed by atoms with van der Waals surface area (Å²) in [5.74, 6) is 7.01. The molecular formula is C23H24O2S. The molecule has 0 spiro atoms. The first-order valence-corrected chi connectivity index (χ1v) is 10.9. The SMILES string of the molecule is Cc1ccc(S(=O)(=O)C2C3CCCC2C3(C)C#Cc2ccccc2)cc1. The van der Waals surface area contributed by atoms with Crippen molar-refractivity contribution < 1.29 is 8.42 Å². The lowest BCUT2D eigenvalue weighted by Gasteiger charge is -2.60. The number of benzene rings is 2. The van der Waals surface area contributed by atoms with Gasteiger partial charge in [-0.1, -0.05) is 54.2 Å². The predicted molar refractivity (Wildman–Crippen MR) is 104 cm³/mol. The van der Waals surface area contributed by atoms with Crippen molar-refractivity contribution in [1.82, 2.24) is 0 Å². The van der Waals surface area contributed by atoms with E-state index in [2.05, 4.69) is 18.8 Å². The zero-order valence-electron chi connectivity index (χ0n) is 15.3. The van der Waals surface area contributed by atoms with Crippen molar-refractivity contribution in [3.05, 3.63) is 65.7 Å². The van der Waals surface area contributed by atoms with Crippen LogP contribution in [0.2, 0.25) is 0 Å².